The molecule has 0 radical (unpaired) electrons. The van der Waals surface area contributed by atoms with Crippen molar-refractivity contribution >= 4 is 16.7 Å². The first kappa shape index (κ1) is 11.9. The van der Waals surface area contributed by atoms with E-state index in [1.165, 1.54) is 12.7 Å². The lowest BCUT2D eigenvalue weighted by molar-refractivity contribution is 1.09. The number of fused-ring (bicyclic) bond motifs is 1. The maximum Gasteiger partial charge on any atom is 0.134 e. The van der Waals surface area contributed by atoms with E-state index in [9.17, 15) is 0 Å². The second kappa shape index (κ2) is 5.66. The molecular formula is C12H14N4. The topological polar surface area (TPSA) is 75.6 Å². The highest BCUT2D eigenvalue weighted by Crippen LogP contribution is 2.17. The van der Waals surface area contributed by atoms with Crippen LogP contribution in [0.15, 0.2) is 24.5 Å². The highest BCUT2D eigenvalue weighted by atomic mass is 14.9. The van der Waals surface area contributed by atoms with Gasteiger partial charge in [0.15, 0.2) is 0 Å². The van der Waals surface area contributed by atoms with Crippen molar-refractivity contribution in [3.05, 3.63) is 30.1 Å². The van der Waals surface area contributed by atoms with Crippen LogP contribution in [0.25, 0.3) is 10.9 Å². The minimum atomic E-state index is 0.405. The molecule has 0 aliphatic rings. The summed E-state index contributed by atoms with van der Waals surface area (Å²) >= 11 is 0. The lowest BCUT2D eigenvalue weighted by Gasteiger charge is -1.98. The predicted molar refractivity (Wildman–Crippen MR) is 64.6 cm³/mol. The fraction of sp³-hybridized carbons (Fsp3) is 0.250. The molecule has 1 aromatic carbocycles. The van der Waals surface area contributed by atoms with Gasteiger partial charge in [0.1, 0.15) is 12.1 Å². The summed E-state index contributed by atoms with van der Waals surface area (Å²) in [6, 6.07) is 7.18. The third-order valence-electron chi connectivity index (χ3n) is 1.80. The van der Waals surface area contributed by atoms with Crippen LogP contribution >= 0.6 is 0 Å². The maximum absolute atomic E-state index is 8.66. The van der Waals surface area contributed by atoms with E-state index < -0.39 is 0 Å². The summed E-state index contributed by atoms with van der Waals surface area (Å²) in [5, 5.41) is 9.38. The molecule has 0 amide bonds. The van der Waals surface area contributed by atoms with Crippen LogP contribution in [0.5, 0.6) is 0 Å². The van der Waals surface area contributed by atoms with Gasteiger partial charge >= 0.3 is 0 Å². The van der Waals surface area contributed by atoms with E-state index in [0.29, 0.717) is 11.4 Å². The van der Waals surface area contributed by atoms with Gasteiger partial charge in [0.25, 0.3) is 0 Å². The fourth-order valence-corrected chi connectivity index (χ4v) is 1.15. The van der Waals surface area contributed by atoms with Gasteiger partial charge in [0, 0.05) is 5.39 Å². The number of benzene rings is 1. The van der Waals surface area contributed by atoms with Crippen LogP contribution in [-0.4, -0.2) is 9.97 Å². The van der Waals surface area contributed by atoms with Crippen molar-refractivity contribution in [3.8, 4) is 6.07 Å². The number of aromatic nitrogens is 2. The molecule has 0 saturated carbocycles. The second-order valence-corrected chi connectivity index (χ2v) is 3.31. The zero-order valence-electron chi connectivity index (χ0n) is 9.44. The van der Waals surface area contributed by atoms with Crippen LogP contribution in [0.3, 0.4) is 0 Å². The molecule has 82 valence electrons. The molecule has 0 spiro atoms. The molecule has 4 heteroatoms. The van der Waals surface area contributed by atoms with E-state index in [0.717, 1.165) is 10.9 Å². The number of hydrogen-bond donors (Lipinski definition) is 1. The van der Waals surface area contributed by atoms with Gasteiger partial charge in [-0.05, 0) is 18.2 Å². The molecule has 0 fully saturated rings. The predicted octanol–water partition coefficient (Wildman–Crippen LogP) is 2.50. The lowest BCUT2D eigenvalue weighted by Crippen LogP contribution is -1.93. The first-order valence-electron chi connectivity index (χ1n) is 5.13. The highest BCUT2D eigenvalue weighted by Gasteiger charge is 2.00. The van der Waals surface area contributed by atoms with E-state index in [2.05, 4.69) is 23.8 Å². The van der Waals surface area contributed by atoms with Crippen molar-refractivity contribution in [1.82, 2.24) is 9.97 Å². The molecular weight excluding hydrogens is 200 g/mol. The third kappa shape index (κ3) is 2.67. The molecule has 2 N–H and O–H groups in total. The summed E-state index contributed by atoms with van der Waals surface area (Å²) in [7, 11) is 0. The zero-order chi connectivity index (χ0) is 12.0. The summed E-state index contributed by atoms with van der Waals surface area (Å²) < 4.78 is 0. The van der Waals surface area contributed by atoms with Crippen LogP contribution in [0.4, 0.5) is 5.82 Å². The van der Waals surface area contributed by atoms with E-state index in [1.54, 1.807) is 18.2 Å². The van der Waals surface area contributed by atoms with Crippen molar-refractivity contribution in [2.45, 2.75) is 20.3 Å². The number of hydrogen-bond acceptors (Lipinski definition) is 4. The second-order valence-electron chi connectivity index (χ2n) is 3.31. The van der Waals surface area contributed by atoms with Gasteiger partial charge < -0.3 is 5.73 Å². The minimum Gasteiger partial charge on any atom is -0.383 e. The molecule has 2 rings (SSSR count). The molecule has 4 nitrogen and oxygen atoms in total. The Labute approximate surface area is 94.8 Å². The average Bonchev–Trinajstić information content (AvgIpc) is 2.30. The lowest BCUT2D eigenvalue weighted by atomic mass is 10.1. The van der Waals surface area contributed by atoms with Gasteiger partial charge in [-0.1, -0.05) is 20.3 Å². The van der Waals surface area contributed by atoms with Gasteiger partial charge in [-0.3, -0.25) is 0 Å². The monoisotopic (exact) mass is 214 g/mol. The Hall–Kier alpha value is -2.15. The Kier molecular flexibility index (Phi) is 4.22. The van der Waals surface area contributed by atoms with E-state index in [1.807, 2.05) is 6.07 Å². The largest absolute Gasteiger partial charge is 0.383 e. The Morgan fingerprint density at radius 3 is 2.62 bits per heavy atom. The molecule has 1 heterocycles. The summed E-state index contributed by atoms with van der Waals surface area (Å²) in [6.45, 7) is 4.25. The van der Waals surface area contributed by atoms with E-state index in [4.69, 9.17) is 11.0 Å². The fourth-order valence-electron chi connectivity index (χ4n) is 1.15. The molecule has 0 unspecified atom stereocenters. The highest BCUT2D eigenvalue weighted by molar-refractivity contribution is 5.88. The van der Waals surface area contributed by atoms with Crippen LogP contribution in [0.2, 0.25) is 0 Å². The minimum absolute atomic E-state index is 0.405. The Balaban J connectivity index is 0.000000386. The number of anilines is 1. The Morgan fingerprint density at radius 1 is 1.31 bits per heavy atom. The van der Waals surface area contributed by atoms with Gasteiger partial charge in [-0.15, -0.1) is 0 Å². The molecule has 0 aliphatic carbocycles. The third-order valence-corrected chi connectivity index (χ3v) is 1.80. The first-order chi connectivity index (χ1) is 7.72. The number of rotatable bonds is 0. The molecule has 0 bridgehead atoms. The summed E-state index contributed by atoms with van der Waals surface area (Å²) in [5.41, 5.74) is 6.94. The summed E-state index contributed by atoms with van der Waals surface area (Å²) in [6.07, 6.45) is 2.66. The molecule has 0 atom stereocenters. The normalized spacial score (nSPS) is 9.06. The molecule has 2 aromatic rings. The smallest absolute Gasteiger partial charge is 0.134 e. The van der Waals surface area contributed by atoms with Crippen LogP contribution < -0.4 is 5.73 Å². The van der Waals surface area contributed by atoms with Crippen molar-refractivity contribution in [1.29, 1.82) is 5.26 Å². The first-order valence-corrected chi connectivity index (χ1v) is 5.13. The molecule has 1 aromatic heterocycles. The number of nitrogens with zero attached hydrogens (tertiary/aromatic N) is 3. The molecule has 0 aliphatic heterocycles. The number of nitrogen functional groups attached to an aromatic ring is 1. The van der Waals surface area contributed by atoms with E-state index in [-0.39, 0.29) is 0 Å². The number of nitrogens with two attached hydrogens (primary N) is 1. The summed E-state index contributed by atoms with van der Waals surface area (Å²) in [5.74, 6) is 0.405. The SMILES string of the molecule is CCC.N#Cc1ccc2ncnc(N)c2c1. The van der Waals surface area contributed by atoms with Crippen molar-refractivity contribution in [2.24, 2.45) is 0 Å². The van der Waals surface area contributed by atoms with Crippen LogP contribution in [0.1, 0.15) is 25.8 Å². The standard InChI is InChI=1S/C9H6N4.C3H8/c10-4-6-1-2-8-7(3-6)9(11)13-5-12-8;1-3-2/h1-3,5H,(H2,11,12,13);3H2,1-2H3. The van der Waals surface area contributed by atoms with Gasteiger partial charge in [0.05, 0.1) is 17.1 Å². The Morgan fingerprint density at radius 2 is 2.00 bits per heavy atom. The maximum atomic E-state index is 8.66. The zero-order valence-corrected chi connectivity index (χ0v) is 9.44. The summed E-state index contributed by atoms with van der Waals surface area (Å²) in [4.78, 5) is 7.86. The van der Waals surface area contributed by atoms with Crippen LogP contribution in [-0.2, 0) is 0 Å². The Bertz CT molecular complexity index is 514. The van der Waals surface area contributed by atoms with Gasteiger partial charge in [0.2, 0.25) is 0 Å². The van der Waals surface area contributed by atoms with Crippen LogP contribution in [0, 0.1) is 11.3 Å². The quantitative estimate of drug-likeness (QED) is 0.731. The van der Waals surface area contributed by atoms with Crippen molar-refractivity contribution < 1.29 is 0 Å². The average molecular weight is 214 g/mol. The molecule has 16 heavy (non-hydrogen) atoms. The van der Waals surface area contributed by atoms with E-state index >= 15 is 0 Å². The van der Waals surface area contributed by atoms with Crippen molar-refractivity contribution in [2.75, 3.05) is 5.73 Å². The van der Waals surface area contributed by atoms with Crippen molar-refractivity contribution in [3.63, 3.8) is 0 Å². The number of nitriles is 1. The van der Waals surface area contributed by atoms with Gasteiger partial charge in [-0.25, -0.2) is 9.97 Å². The van der Waals surface area contributed by atoms with Gasteiger partial charge in [-0.2, -0.15) is 5.26 Å². The molecule has 0 saturated heterocycles.